The van der Waals surface area contributed by atoms with Gasteiger partial charge in [-0.2, -0.15) is 0 Å². The molecule has 1 aromatic carbocycles. The summed E-state index contributed by atoms with van der Waals surface area (Å²) < 4.78 is 5.23. The van der Waals surface area contributed by atoms with Crippen LogP contribution in [0.5, 0.6) is 5.75 Å². The second-order valence-electron chi connectivity index (χ2n) is 4.44. The normalized spacial score (nSPS) is 10.1. The highest BCUT2D eigenvalue weighted by atomic mass is 35.5. The lowest BCUT2D eigenvalue weighted by atomic mass is 10.2. The maximum atomic E-state index is 12.3. The van der Waals surface area contributed by atoms with Gasteiger partial charge in [0, 0.05) is 30.0 Å². The molecule has 2 rings (SSSR count). The molecule has 2 N–H and O–H groups in total. The molecular weight excluding hydrogens is 290 g/mol. The minimum atomic E-state index is -0.313. The lowest BCUT2D eigenvalue weighted by Gasteiger charge is -2.12. The number of amides is 1. The van der Waals surface area contributed by atoms with Crippen molar-refractivity contribution in [1.82, 2.24) is 4.98 Å². The van der Waals surface area contributed by atoms with Gasteiger partial charge in [-0.15, -0.1) is 0 Å². The number of methoxy groups -OCH3 is 1. The first-order chi connectivity index (χ1) is 10.0. The monoisotopic (exact) mass is 305 g/mol. The van der Waals surface area contributed by atoms with E-state index in [1.807, 2.05) is 6.92 Å². The predicted octanol–water partition coefficient (Wildman–Crippen LogP) is 3.35. The standard InChI is InChI=1S/C15H16ClN3O2/c1-9-6-12(14(21-3)8-11(9)16)19-15(20)13-7-10(17-2)4-5-18-13/h4-8H,1-3H3,(H,17,18)(H,19,20). The van der Waals surface area contributed by atoms with Crippen LogP contribution >= 0.6 is 11.6 Å². The number of anilines is 2. The second-order valence-corrected chi connectivity index (χ2v) is 4.84. The summed E-state index contributed by atoms with van der Waals surface area (Å²) in [6.07, 6.45) is 1.57. The molecule has 1 aromatic heterocycles. The number of benzene rings is 1. The quantitative estimate of drug-likeness (QED) is 0.909. The van der Waals surface area contributed by atoms with E-state index in [0.717, 1.165) is 11.3 Å². The van der Waals surface area contributed by atoms with Crippen LogP contribution in [0.15, 0.2) is 30.5 Å². The summed E-state index contributed by atoms with van der Waals surface area (Å²) in [5, 5.41) is 6.33. The van der Waals surface area contributed by atoms with Crippen molar-refractivity contribution < 1.29 is 9.53 Å². The number of aromatic nitrogens is 1. The third-order valence-corrected chi connectivity index (χ3v) is 3.42. The first-order valence-corrected chi connectivity index (χ1v) is 6.72. The largest absolute Gasteiger partial charge is 0.495 e. The highest BCUT2D eigenvalue weighted by Gasteiger charge is 2.13. The summed E-state index contributed by atoms with van der Waals surface area (Å²) in [4.78, 5) is 16.3. The molecule has 110 valence electrons. The van der Waals surface area contributed by atoms with Gasteiger partial charge >= 0.3 is 0 Å². The Morgan fingerprint density at radius 1 is 1.33 bits per heavy atom. The van der Waals surface area contributed by atoms with Gasteiger partial charge in [0.15, 0.2) is 0 Å². The van der Waals surface area contributed by atoms with Crippen molar-refractivity contribution in [2.24, 2.45) is 0 Å². The molecule has 2 aromatic rings. The molecule has 21 heavy (non-hydrogen) atoms. The van der Waals surface area contributed by atoms with E-state index in [0.29, 0.717) is 22.2 Å². The molecule has 0 saturated carbocycles. The van der Waals surface area contributed by atoms with Gasteiger partial charge in [0.1, 0.15) is 11.4 Å². The van der Waals surface area contributed by atoms with E-state index in [2.05, 4.69) is 15.6 Å². The average Bonchev–Trinajstić information content (AvgIpc) is 2.50. The number of nitrogens with one attached hydrogen (secondary N) is 2. The topological polar surface area (TPSA) is 63.2 Å². The lowest BCUT2D eigenvalue weighted by Crippen LogP contribution is -2.14. The summed E-state index contributed by atoms with van der Waals surface area (Å²) in [6.45, 7) is 1.86. The zero-order valence-electron chi connectivity index (χ0n) is 12.0. The van der Waals surface area contributed by atoms with Gasteiger partial charge in [0.25, 0.3) is 5.91 Å². The molecule has 0 bridgehead atoms. The molecule has 6 heteroatoms. The number of carbonyl (C=O) groups is 1. The Bertz CT molecular complexity index is 674. The Morgan fingerprint density at radius 3 is 2.76 bits per heavy atom. The van der Waals surface area contributed by atoms with E-state index < -0.39 is 0 Å². The smallest absolute Gasteiger partial charge is 0.274 e. The Kier molecular flexibility index (Phi) is 4.65. The van der Waals surface area contributed by atoms with E-state index >= 15 is 0 Å². The first-order valence-electron chi connectivity index (χ1n) is 6.34. The minimum absolute atomic E-state index is 0.313. The molecule has 0 aliphatic heterocycles. The molecule has 0 aliphatic carbocycles. The summed E-state index contributed by atoms with van der Waals surface area (Å²) in [5.41, 5.74) is 2.54. The molecule has 0 radical (unpaired) electrons. The number of ether oxygens (including phenoxy) is 1. The summed E-state index contributed by atoms with van der Waals surface area (Å²) >= 11 is 6.04. The van der Waals surface area contributed by atoms with Crippen LogP contribution in [-0.2, 0) is 0 Å². The molecule has 0 aliphatic rings. The van der Waals surface area contributed by atoms with E-state index in [-0.39, 0.29) is 5.91 Å². The van der Waals surface area contributed by atoms with Crippen LogP contribution in [0.4, 0.5) is 11.4 Å². The second kappa shape index (κ2) is 6.45. The molecule has 0 fully saturated rings. The van der Waals surface area contributed by atoms with Crippen molar-refractivity contribution in [2.75, 3.05) is 24.8 Å². The van der Waals surface area contributed by atoms with Gasteiger partial charge < -0.3 is 15.4 Å². The zero-order valence-corrected chi connectivity index (χ0v) is 12.8. The molecule has 1 amide bonds. The number of nitrogens with zero attached hydrogens (tertiary/aromatic N) is 1. The highest BCUT2D eigenvalue weighted by molar-refractivity contribution is 6.31. The molecule has 0 saturated heterocycles. The maximum Gasteiger partial charge on any atom is 0.274 e. The number of pyridine rings is 1. The van der Waals surface area contributed by atoms with Crippen molar-refractivity contribution in [3.8, 4) is 5.75 Å². The average molecular weight is 306 g/mol. The van der Waals surface area contributed by atoms with E-state index in [1.54, 1.807) is 37.5 Å². The first kappa shape index (κ1) is 15.1. The van der Waals surface area contributed by atoms with Crippen LogP contribution in [0.25, 0.3) is 0 Å². The van der Waals surface area contributed by atoms with E-state index in [4.69, 9.17) is 16.3 Å². The van der Waals surface area contributed by atoms with Gasteiger partial charge in [0.05, 0.1) is 12.8 Å². The van der Waals surface area contributed by atoms with Gasteiger partial charge in [-0.25, -0.2) is 0 Å². The van der Waals surface area contributed by atoms with Crippen LogP contribution in [-0.4, -0.2) is 25.0 Å². The van der Waals surface area contributed by atoms with Crippen LogP contribution in [0.2, 0.25) is 5.02 Å². The van der Waals surface area contributed by atoms with E-state index in [1.165, 1.54) is 7.11 Å². The Balaban J connectivity index is 2.28. The molecular formula is C15H16ClN3O2. The molecule has 0 atom stereocenters. The molecule has 0 spiro atoms. The van der Waals surface area contributed by atoms with Crippen molar-refractivity contribution in [1.29, 1.82) is 0 Å². The fraction of sp³-hybridized carbons (Fsp3) is 0.200. The third kappa shape index (κ3) is 3.44. The Hall–Kier alpha value is -2.27. The van der Waals surface area contributed by atoms with Crippen molar-refractivity contribution in [2.45, 2.75) is 6.92 Å². The number of halogens is 1. The summed E-state index contributed by atoms with van der Waals surface area (Å²) in [6, 6.07) is 6.89. The Morgan fingerprint density at radius 2 is 2.10 bits per heavy atom. The SMILES string of the molecule is CNc1ccnc(C(=O)Nc2cc(C)c(Cl)cc2OC)c1. The number of aryl methyl sites for hydroxylation is 1. The summed E-state index contributed by atoms with van der Waals surface area (Å²) in [7, 11) is 3.30. The van der Waals surface area contributed by atoms with Crippen LogP contribution in [0.1, 0.15) is 16.1 Å². The van der Waals surface area contributed by atoms with Gasteiger partial charge in [-0.1, -0.05) is 11.6 Å². The molecule has 1 heterocycles. The molecule has 0 unspecified atom stereocenters. The number of carbonyl (C=O) groups excluding carboxylic acids is 1. The van der Waals surface area contributed by atoms with Crippen LogP contribution in [0.3, 0.4) is 0 Å². The van der Waals surface area contributed by atoms with Gasteiger partial charge in [0.2, 0.25) is 0 Å². The lowest BCUT2D eigenvalue weighted by molar-refractivity contribution is 0.102. The minimum Gasteiger partial charge on any atom is -0.495 e. The van der Waals surface area contributed by atoms with Crippen molar-refractivity contribution >= 4 is 28.9 Å². The van der Waals surface area contributed by atoms with E-state index in [9.17, 15) is 4.79 Å². The number of hydrogen-bond donors (Lipinski definition) is 2. The fourth-order valence-electron chi connectivity index (χ4n) is 1.83. The van der Waals surface area contributed by atoms with Crippen LogP contribution < -0.4 is 15.4 Å². The van der Waals surface area contributed by atoms with Crippen LogP contribution in [0, 0.1) is 6.92 Å². The Labute approximate surface area is 128 Å². The van der Waals surface area contributed by atoms with Crippen molar-refractivity contribution in [3.05, 3.63) is 46.7 Å². The summed E-state index contributed by atoms with van der Waals surface area (Å²) in [5.74, 6) is 0.191. The highest BCUT2D eigenvalue weighted by Crippen LogP contribution is 2.31. The van der Waals surface area contributed by atoms with Gasteiger partial charge in [-0.3, -0.25) is 9.78 Å². The number of hydrogen-bond acceptors (Lipinski definition) is 4. The molecule has 5 nitrogen and oxygen atoms in total. The number of rotatable bonds is 4. The van der Waals surface area contributed by atoms with Crippen molar-refractivity contribution in [3.63, 3.8) is 0 Å². The fourth-order valence-corrected chi connectivity index (χ4v) is 1.98. The zero-order chi connectivity index (χ0) is 15.4. The predicted molar refractivity (Wildman–Crippen MR) is 84.5 cm³/mol. The third-order valence-electron chi connectivity index (χ3n) is 3.01. The van der Waals surface area contributed by atoms with Gasteiger partial charge in [-0.05, 0) is 30.7 Å². The maximum absolute atomic E-state index is 12.3.